The summed E-state index contributed by atoms with van der Waals surface area (Å²) in [4.78, 5) is 12.4. The molecular formula is C20H24N2O5S. The molecule has 1 aliphatic heterocycles. The minimum absolute atomic E-state index is 0.0525. The van der Waals surface area contributed by atoms with Crippen LogP contribution in [0.15, 0.2) is 53.4 Å². The first kappa shape index (κ1) is 20.3. The van der Waals surface area contributed by atoms with Crippen molar-refractivity contribution in [1.82, 2.24) is 10.0 Å². The summed E-state index contributed by atoms with van der Waals surface area (Å²) in [5.74, 6) is -0.145. The maximum absolute atomic E-state index is 12.5. The highest BCUT2D eigenvalue weighted by Gasteiger charge is 2.21. The molecule has 1 fully saturated rings. The van der Waals surface area contributed by atoms with Crippen molar-refractivity contribution in [3.05, 3.63) is 59.7 Å². The standard InChI is InChI=1S/C20H24N2O5S/c23-17-8-6-15(7-9-17)10-11-21-20(24)16-3-1-5-19(13-16)28(25,26)22-14-18-4-2-12-27-18/h1,3,5-9,13,18,22-23H,2,4,10-12,14H2,(H,21,24)/t18-/m1/s1. The molecule has 2 aromatic rings. The number of amides is 1. The van der Waals surface area contributed by atoms with Gasteiger partial charge in [0.05, 0.1) is 11.0 Å². The lowest BCUT2D eigenvalue weighted by Gasteiger charge is -2.12. The van der Waals surface area contributed by atoms with Gasteiger partial charge in [-0.1, -0.05) is 18.2 Å². The van der Waals surface area contributed by atoms with Gasteiger partial charge in [-0.25, -0.2) is 13.1 Å². The number of carbonyl (C=O) groups is 1. The molecule has 1 amide bonds. The minimum Gasteiger partial charge on any atom is -0.508 e. The molecule has 0 unspecified atom stereocenters. The smallest absolute Gasteiger partial charge is 0.251 e. The van der Waals surface area contributed by atoms with E-state index < -0.39 is 10.0 Å². The molecule has 3 N–H and O–H groups in total. The van der Waals surface area contributed by atoms with Crippen LogP contribution in [0, 0.1) is 0 Å². The molecule has 2 aromatic carbocycles. The Kier molecular flexibility index (Phi) is 6.66. The number of benzene rings is 2. The van der Waals surface area contributed by atoms with Crippen molar-refractivity contribution in [2.45, 2.75) is 30.3 Å². The zero-order chi connectivity index (χ0) is 20.0. The summed E-state index contributed by atoms with van der Waals surface area (Å²) in [6.45, 7) is 1.29. The van der Waals surface area contributed by atoms with Crippen molar-refractivity contribution < 1.29 is 23.1 Å². The summed E-state index contributed by atoms with van der Waals surface area (Å²) in [7, 11) is -3.71. The van der Waals surface area contributed by atoms with Gasteiger partial charge in [-0.15, -0.1) is 0 Å². The molecule has 7 nitrogen and oxygen atoms in total. The number of hydrogen-bond acceptors (Lipinski definition) is 5. The number of nitrogens with one attached hydrogen (secondary N) is 2. The highest BCUT2D eigenvalue weighted by atomic mass is 32.2. The van der Waals surface area contributed by atoms with Crippen LogP contribution in [-0.4, -0.2) is 45.2 Å². The number of hydrogen-bond donors (Lipinski definition) is 3. The van der Waals surface area contributed by atoms with Crippen molar-refractivity contribution >= 4 is 15.9 Å². The Balaban J connectivity index is 1.56. The Hall–Kier alpha value is -2.42. The maximum Gasteiger partial charge on any atom is 0.251 e. The fraction of sp³-hybridized carbons (Fsp3) is 0.350. The third-order valence-corrected chi connectivity index (χ3v) is 5.99. The number of phenolic OH excluding ortho intramolecular Hbond substituents is 1. The van der Waals surface area contributed by atoms with Gasteiger partial charge in [-0.2, -0.15) is 0 Å². The van der Waals surface area contributed by atoms with Gasteiger partial charge in [0.15, 0.2) is 0 Å². The molecule has 1 heterocycles. The van der Waals surface area contributed by atoms with Crippen LogP contribution < -0.4 is 10.0 Å². The van der Waals surface area contributed by atoms with Crippen LogP contribution in [0.1, 0.15) is 28.8 Å². The summed E-state index contributed by atoms with van der Waals surface area (Å²) in [6, 6.07) is 12.7. The number of phenols is 1. The summed E-state index contributed by atoms with van der Waals surface area (Å²) < 4.78 is 32.9. The van der Waals surface area contributed by atoms with Crippen molar-refractivity contribution in [3.63, 3.8) is 0 Å². The lowest BCUT2D eigenvalue weighted by molar-refractivity contribution is 0.0954. The Morgan fingerprint density at radius 3 is 2.68 bits per heavy atom. The SMILES string of the molecule is O=C(NCCc1ccc(O)cc1)c1cccc(S(=O)(=O)NC[C@H]2CCCO2)c1. The molecule has 0 aromatic heterocycles. The zero-order valence-corrected chi connectivity index (χ0v) is 16.2. The van der Waals surface area contributed by atoms with Gasteiger partial charge in [0, 0.05) is 25.3 Å². The van der Waals surface area contributed by atoms with Crippen LogP contribution >= 0.6 is 0 Å². The quantitative estimate of drug-likeness (QED) is 0.623. The first-order valence-corrected chi connectivity index (χ1v) is 10.7. The number of carbonyl (C=O) groups excluding carboxylic acids is 1. The van der Waals surface area contributed by atoms with E-state index in [1.165, 1.54) is 12.1 Å². The van der Waals surface area contributed by atoms with Crippen molar-refractivity contribution in [2.75, 3.05) is 19.7 Å². The van der Waals surface area contributed by atoms with Crippen LogP contribution in [0.4, 0.5) is 0 Å². The highest BCUT2D eigenvalue weighted by Crippen LogP contribution is 2.15. The minimum atomic E-state index is -3.71. The van der Waals surface area contributed by atoms with Crippen LogP contribution in [0.2, 0.25) is 0 Å². The first-order chi connectivity index (χ1) is 13.4. The summed E-state index contributed by atoms with van der Waals surface area (Å²) >= 11 is 0. The fourth-order valence-electron chi connectivity index (χ4n) is 2.98. The molecular weight excluding hydrogens is 380 g/mol. The average Bonchev–Trinajstić information content (AvgIpc) is 3.22. The summed E-state index contributed by atoms with van der Waals surface area (Å²) in [5.41, 5.74) is 1.26. The monoisotopic (exact) mass is 404 g/mol. The highest BCUT2D eigenvalue weighted by molar-refractivity contribution is 7.89. The Bertz CT molecular complexity index is 906. The third-order valence-electron chi connectivity index (χ3n) is 4.57. The molecule has 0 aliphatic carbocycles. The van der Waals surface area contributed by atoms with E-state index in [0.717, 1.165) is 18.4 Å². The van der Waals surface area contributed by atoms with Crippen LogP contribution in [0.3, 0.4) is 0 Å². The Morgan fingerprint density at radius 1 is 1.18 bits per heavy atom. The molecule has 1 saturated heterocycles. The topological polar surface area (TPSA) is 105 Å². The van der Waals surface area contributed by atoms with E-state index >= 15 is 0 Å². The van der Waals surface area contributed by atoms with Gasteiger partial charge in [-0.05, 0) is 55.2 Å². The summed E-state index contributed by atoms with van der Waals surface area (Å²) in [5, 5.41) is 12.1. The normalized spacial score (nSPS) is 16.8. The van der Waals surface area contributed by atoms with Crippen molar-refractivity contribution in [2.24, 2.45) is 0 Å². The Labute approximate surface area is 164 Å². The van der Waals surface area contributed by atoms with Crippen LogP contribution in [0.25, 0.3) is 0 Å². The van der Waals surface area contributed by atoms with Gasteiger partial charge in [0.25, 0.3) is 5.91 Å². The number of ether oxygens (including phenoxy) is 1. The molecule has 1 aliphatic rings. The fourth-order valence-corrected chi connectivity index (χ4v) is 4.09. The molecule has 0 bridgehead atoms. The maximum atomic E-state index is 12.5. The van der Waals surface area contributed by atoms with E-state index in [1.807, 2.05) is 0 Å². The van der Waals surface area contributed by atoms with Crippen molar-refractivity contribution in [3.8, 4) is 5.75 Å². The van der Waals surface area contributed by atoms with Gasteiger partial charge in [-0.3, -0.25) is 4.79 Å². The molecule has 150 valence electrons. The van der Waals surface area contributed by atoms with Gasteiger partial charge in [0.2, 0.25) is 10.0 Å². The largest absolute Gasteiger partial charge is 0.508 e. The molecule has 28 heavy (non-hydrogen) atoms. The van der Waals surface area contributed by atoms with E-state index in [2.05, 4.69) is 10.0 Å². The van der Waals surface area contributed by atoms with Gasteiger partial charge in [0.1, 0.15) is 5.75 Å². The second-order valence-corrected chi connectivity index (χ2v) is 8.45. The van der Waals surface area contributed by atoms with Crippen LogP contribution in [0.5, 0.6) is 5.75 Å². The van der Waals surface area contributed by atoms with E-state index in [0.29, 0.717) is 19.6 Å². The predicted octanol–water partition coefficient (Wildman–Crippen LogP) is 1.82. The van der Waals surface area contributed by atoms with E-state index in [1.54, 1.807) is 36.4 Å². The second kappa shape index (κ2) is 9.18. The van der Waals surface area contributed by atoms with E-state index in [-0.39, 0.29) is 34.8 Å². The lowest BCUT2D eigenvalue weighted by atomic mass is 10.1. The second-order valence-electron chi connectivity index (χ2n) is 6.69. The van der Waals surface area contributed by atoms with Gasteiger partial charge >= 0.3 is 0 Å². The number of sulfonamides is 1. The molecule has 0 saturated carbocycles. The molecule has 0 radical (unpaired) electrons. The molecule has 1 atom stereocenters. The zero-order valence-electron chi connectivity index (χ0n) is 15.4. The Morgan fingerprint density at radius 2 is 1.96 bits per heavy atom. The number of rotatable bonds is 8. The van der Waals surface area contributed by atoms with E-state index in [4.69, 9.17) is 4.74 Å². The first-order valence-electron chi connectivity index (χ1n) is 9.21. The molecule has 3 rings (SSSR count). The van der Waals surface area contributed by atoms with Crippen molar-refractivity contribution in [1.29, 1.82) is 0 Å². The average molecular weight is 404 g/mol. The lowest BCUT2D eigenvalue weighted by Crippen LogP contribution is -2.32. The summed E-state index contributed by atoms with van der Waals surface area (Å²) in [6.07, 6.45) is 2.28. The third kappa shape index (κ3) is 5.54. The van der Waals surface area contributed by atoms with Gasteiger partial charge < -0.3 is 15.2 Å². The van der Waals surface area contributed by atoms with Crippen LogP contribution in [-0.2, 0) is 21.2 Å². The predicted molar refractivity (Wildman–Crippen MR) is 105 cm³/mol. The van der Waals surface area contributed by atoms with E-state index in [9.17, 15) is 18.3 Å². The molecule has 8 heteroatoms. The number of aromatic hydroxyl groups is 1. The molecule has 0 spiro atoms.